The van der Waals surface area contributed by atoms with E-state index in [-0.39, 0.29) is 11.3 Å². The highest BCUT2D eigenvalue weighted by Crippen LogP contribution is 2.38. The van der Waals surface area contributed by atoms with Crippen molar-refractivity contribution >= 4 is 21.6 Å². The maximum atomic E-state index is 14.2. The molecular weight excluding hydrogens is 307 g/mol. The van der Waals surface area contributed by atoms with E-state index in [0.29, 0.717) is 4.47 Å². The van der Waals surface area contributed by atoms with Gasteiger partial charge in [-0.1, -0.05) is 28.1 Å². The van der Waals surface area contributed by atoms with Crippen LogP contribution in [0.1, 0.15) is 11.1 Å². The van der Waals surface area contributed by atoms with E-state index in [1.807, 2.05) is 0 Å². The number of nitrogen functional groups attached to an aromatic ring is 1. The fourth-order valence-electron chi connectivity index (χ4n) is 1.63. The lowest BCUT2D eigenvalue weighted by Crippen LogP contribution is -2.17. The van der Waals surface area contributed by atoms with Crippen LogP contribution >= 0.6 is 15.9 Å². The van der Waals surface area contributed by atoms with Gasteiger partial charge in [-0.3, -0.25) is 0 Å². The molecule has 0 aromatic heterocycles. The molecule has 2 rings (SSSR count). The van der Waals surface area contributed by atoms with Crippen LogP contribution in [0.2, 0.25) is 0 Å². The minimum atomic E-state index is -3.43. The summed E-state index contributed by atoms with van der Waals surface area (Å²) >= 11 is 3.05. The normalized spacial score (nSPS) is 11.6. The minimum absolute atomic E-state index is 0.211. The molecule has 0 aliphatic carbocycles. The highest BCUT2D eigenvalue weighted by atomic mass is 79.9. The van der Waals surface area contributed by atoms with Crippen LogP contribution in [0.15, 0.2) is 46.9 Å². The molecule has 1 nitrogen and oxygen atoms in total. The SMILES string of the molecule is Nc1cccc(C(F)(F)c2cc(Br)ccc2F)c1. The largest absolute Gasteiger partial charge is 0.399 e. The predicted octanol–water partition coefficient (Wildman–Crippen LogP) is 4.31. The number of alkyl halides is 2. The van der Waals surface area contributed by atoms with Gasteiger partial charge in [-0.05, 0) is 30.3 Å². The van der Waals surface area contributed by atoms with E-state index in [1.54, 1.807) is 0 Å². The van der Waals surface area contributed by atoms with Gasteiger partial charge in [0.15, 0.2) is 0 Å². The summed E-state index contributed by atoms with van der Waals surface area (Å²) in [6, 6.07) is 8.70. The van der Waals surface area contributed by atoms with E-state index >= 15 is 0 Å². The molecule has 18 heavy (non-hydrogen) atoms. The number of nitrogens with two attached hydrogens (primary N) is 1. The Morgan fingerprint density at radius 1 is 1.06 bits per heavy atom. The van der Waals surface area contributed by atoms with Crippen molar-refractivity contribution in [3.8, 4) is 0 Å². The lowest BCUT2D eigenvalue weighted by molar-refractivity contribution is 0.0389. The first-order valence-electron chi connectivity index (χ1n) is 5.10. The van der Waals surface area contributed by atoms with Crippen molar-refractivity contribution < 1.29 is 13.2 Å². The maximum absolute atomic E-state index is 14.2. The number of hydrogen-bond acceptors (Lipinski definition) is 1. The molecule has 2 aromatic carbocycles. The maximum Gasteiger partial charge on any atom is 0.301 e. The van der Waals surface area contributed by atoms with E-state index < -0.39 is 17.3 Å². The quantitative estimate of drug-likeness (QED) is 0.821. The smallest absolute Gasteiger partial charge is 0.301 e. The van der Waals surface area contributed by atoms with Crippen LogP contribution in [-0.4, -0.2) is 0 Å². The van der Waals surface area contributed by atoms with E-state index in [1.165, 1.54) is 24.3 Å². The third-order valence-corrected chi connectivity index (χ3v) is 3.01. The Hall–Kier alpha value is -1.49. The Morgan fingerprint density at radius 2 is 1.78 bits per heavy atom. The van der Waals surface area contributed by atoms with Crippen molar-refractivity contribution in [1.82, 2.24) is 0 Å². The third kappa shape index (κ3) is 2.36. The standard InChI is InChI=1S/C13H9BrF3N/c14-9-4-5-12(15)11(7-9)13(16,17)8-2-1-3-10(18)6-8/h1-7H,18H2. The monoisotopic (exact) mass is 315 g/mol. The number of halogens is 4. The van der Waals surface area contributed by atoms with Gasteiger partial charge in [0.1, 0.15) is 5.82 Å². The summed E-state index contributed by atoms with van der Waals surface area (Å²) in [4.78, 5) is 0. The summed E-state index contributed by atoms with van der Waals surface area (Å²) in [6.07, 6.45) is 0. The fraction of sp³-hybridized carbons (Fsp3) is 0.0769. The average molecular weight is 316 g/mol. The summed E-state index contributed by atoms with van der Waals surface area (Å²) in [5.74, 6) is -4.38. The molecule has 0 atom stereocenters. The molecule has 0 unspecified atom stereocenters. The van der Waals surface area contributed by atoms with Gasteiger partial charge in [-0.25, -0.2) is 4.39 Å². The molecular formula is C13H9BrF3N. The number of rotatable bonds is 2. The Labute approximate surface area is 111 Å². The van der Waals surface area contributed by atoms with E-state index in [0.717, 1.165) is 18.2 Å². The van der Waals surface area contributed by atoms with Crippen LogP contribution in [0.4, 0.5) is 18.9 Å². The van der Waals surface area contributed by atoms with E-state index in [9.17, 15) is 13.2 Å². The van der Waals surface area contributed by atoms with Crippen molar-refractivity contribution in [2.24, 2.45) is 0 Å². The molecule has 2 aromatic rings. The first-order chi connectivity index (χ1) is 8.41. The molecule has 0 spiro atoms. The van der Waals surface area contributed by atoms with Gasteiger partial charge in [-0.2, -0.15) is 8.78 Å². The van der Waals surface area contributed by atoms with Crippen LogP contribution in [0.3, 0.4) is 0 Å². The molecule has 0 saturated carbocycles. The van der Waals surface area contributed by atoms with Gasteiger partial charge in [0.2, 0.25) is 0 Å². The number of hydrogen-bond donors (Lipinski definition) is 1. The zero-order chi connectivity index (χ0) is 13.3. The van der Waals surface area contributed by atoms with Crippen LogP contribution in [0.5, 0.6) is 0 Å². The Balaban J connectivity index is 2.57. The average Bonchev–Trinajstić information content (AvgIpc) is 2.32. The van der Waals surface area contributed by atoms with Gasteiger partial charge in [-0.15, -0.1) is 0 Å². The van der Waals surface area contributed by atoms with Crippen molar-refractivity contribution in [3.05, 3.63) is 63.9 Å². The van der Waals surface area contributed by atoms with Gasteiger partial charge in [0.25, 0.3) is 0 Å². The summed E-state index contributed by atoms with van der Waals surface area (Å²) in [6.45, 7) is 0. The van der Waals surface area contributed by atoms with Crippen LogP contribution in [0.25, 0.3) is 0 Å². The molecule has 2 N–H and O–H groups in total. The number of benzene rings is 2. The Kier molecular flexibility index (Phi) is 3.34. The van der Waals surface area contributed by atoms with Crippen LogP contribution in [-0.2, 0) is 5.92 Å². The fourth-order valence-corrected chi connectivity index (χ4v) is 1.99. The molecule has 94 valence electrons. The number of anilines is 1. The molecule has 0 aliphatic rings. The zero-order valence-corrected chi connectivity index (χ0v) is 10.7. The molecule has 0 amide bonds. The van der Waals surface area contributed by atoms with Crippen molar-refractivity contribution in [1.29, 1.82) is 0 Å². The highest BCUT2D eigenvalue weighted by molar-refractivity contribution is 9.10. The first kappa shape index (κ1) is 13.0. The lowest BCUT2D eigenvalue weighted by atomic mass is 9.99. The first-order valence-corrected chi connectivity index (χ1v) is 5.90. The Morgan fingerprint density at radius 3 is 2.44 bits per heavy atom. The molecule has 0 radical (unpaired) electrons. The second kappa shape index (κ2) is 4.65. The topological polar surface area (TPSA) is 26.0 Å². The van der Waals surface area contributed by atoms with E-state index in [2.05, 4.69) is 15.9 Å². The van der Waals surface area contributed by atoms with Crippen molar-refractivity contribution in [3.63, 3.8) is 0 Å². The van der Waals surface area contributed by atoms with Gasteiger partial charge in [0, 0.05) is 15.7 Å². The zero-order valence-electron chi connectivity index (χ0n) is 9.13. The molecule has 0 saturated heterocycles. The minimum Gasteiger partial charge on any atom is -0.399 e. The van der Waals surface area contributed by atoms with Gasteiger partial charge in [0.05, 0.1) is 5.56 Å². The van der Waals surface area contributed by atoms with Crippen molar-refractivity contribution in [2.75, 3.05) is 5.73 Å². The second-order valence-electron chi connectivity index (χ2n) is 3.82. The lowest BCUT2D eigenvalue weighted by Gasteiger charge is -2.18. The molecule has 5 heteroatoms. The van der Waals surface area contributed by atoms with Crippen LogP contribution in [0, 0.1) is 5.82 Å². The van der Waals surface area contributed by atoms with Crippen LogP contribution < -0.4 is 5.73 Å². The summed E-state index contributed by atoms with van der Waals surface area (Å²) in [7, 11) is 0. The predicted molar refractivity (Wildman–Crippen MR) is 68.0 cm³/mol. The van der Waals surface area contributed by atoms with Gasteiger partial charge >= 0.3 is 5.92 Å². The summed E-state index contributed by atoms with van der Waals surface area (Å²) in [5, 5.41) is 0. The molecule has 0 heterocycles. The Bertz CT molecular complexity index is 584. The summed E-state index contributed by atoms with van der Waals surface area (Å²) in [5.41, 5.74) is 4.66. The molecule has 0 bridgehead atoms. The summed E-state index contributed by atoms with van der Waals surface area (Å²) < 4.78 is 42.3. The van der Waals surface area contributed by atoms with Gasteiger partial charge < -0.3 is 5.73 Å². The molecule has 0 fully saturated rings. The third-order valence-electron chi connectivity index (χ3n) is 2.52. The van der Waals surface area contributed by atoms with Crippen molar-refractivity contribution in [2.45, 2.75) is 5.92 Å². The highest BCUT2D eigenvalue weighted by Gasteiger charge is 2.36. The molecule has 0 aliphatic heterocycles. The van der Waals surface area contributed by atoms with E-state index in [4.69, 9.17) is 5.73 Å². The second-order valence-corrected chi connectivity index (χ2v) is 4.74.